The van der Waals surface area contributed by atoms with Crippen molar-refractivity contribution >= 4 is 28.3 Å². The summed E-state index contributed by atoms with van der Waals surface area (Å²) in [5, 5.41) is 3.14. The van der Waals surface area contributed by atoms with Crippen LogP contribution in [0.2, 0.25) is 0 Å². The van der Waals surface area contributed by atoms with Crippen LogP contribution in [-0.2, 0) is 6.54 Å². The number of hydrogen-bond acceptors (Lipinski definition) is 1. The first-order valence-corrected chi connectivity index (χ1v) is 6.16. The van der Waals surface area contributed by atoms with Crippen molar-refractivity contribution in [3.63, 3.8) is 0 Å². The van der Waals surface area contributed by atoms with Gasteiger partial charge in [-0.1, -0.05) is 12.1 Å². The fraction of sp³-hybridized carbons (Fsp3) is 0.0769. The first-order chi connectivity index (χ1) is 8.15. The summed E-state index contributed by atoms with van der Waals surface area (Å²) < 4.78 is 26.6. The molecule has 2 aromatic rings. The molecular weight excluding hydrogens is 335 g/mol. The summed E-state index contributed by atoms with van der Waals surface area (Å²) >= 11 is 2.06. The van der Waals surface area contributed by atoms with Crippen molar-refractivity contribution in [2.45, 2.75) is 6.54 Å². The maximum atomic E-state index is 12.9. The van der Waals surface area contributed by atoms with E-state index in [4.69, 9.17) is 0 Å². The molecule has 1 N–H and O–H groups in total. The number of benzene rings is 2. The van der Waals surface area contributed by atoms with Gasteiger partial charge in [-0.05, 0) is 58.5 Å². The molecule has 4 heteroatoms. The number of nitrogens with one attached hydrogen (secondary N) is 1. The maximum Gasteiger partial charge on any atom is 0.124 e. The lowest BCUT2D eigenvalue weighted by atomic mass is 10.2. The van der Waals surface area contributed by atoms with Gasteiger partial charge in [-0.15, -0.1) is 0 Å². The van der Waals surface area contributed by atoms with Gasteiger partial charge >= 0.3 is 0 Å². The Morgan fingerprint density at radius 3 is 2.47 bits per heavy atom. The molecule has 0 fully saturated rings. The lowest BCUT2D eigenvalue weighted by Crippen LogP contribution is -2.01. The monoisotopic (exact) mass is 345 g/mol. The van der Waals surface area contributed by atoms with Crippen molar-refractivity contribution < 1.29 is 8.78 Å². The van der Waals surface area contributed by atoms with E-state index in [1.54, 1.807) is 12.1 Å². The lowest BCUT2D eigenvalue weighted by molar-refractivity contribution is 0.626. The van der Waals surface area contributed by atoms with Gasteiger partial charge in [-0.3, -0.25) is 0 Å². The summed E-state index contributed by atoms with van der Waals surface area (Å²) in [6.07, 6.45) is 0. The van der Waals surface area contributed by atoms with Crippen LogP contribution in [-0.4, -0.2) is 0 Å². The van der Waals surface area contributed by atoms with Crippen LogP contribution in [0.5, 0.6) is 0 Å². The van der Waals surface area contributed by atoms with E-state index in [1.807, 2.05) is 6.07 Å². The molecule has 0 atom stereocenters. The Labute approximate surface area is 112 Å². The van der Waals surface area contributed by atoms with Gasteiger partial charge in [0.05, 0.1) is 0 Å². The molecule has 1 nitrogen and oxygen atoms in total. The number of anilines is 1. The molecule has 0 heterocycles. The zero-order valence-corrected chi connectivity index (χ0v) is 11.0. The Kier molecular flexibility index (Phi) is 3.93. The quantitative estimate of drug-likeness (QED) is 0.823. The second-order valence-corrected chi connectivity index (χ2v) is 4.77. The molecule has 0 saturated heterocycles. The molecule has 0 bridgehead atoms. The fourth-order valence-corrected chi connectivity index (χ4v) is 2.15. The molecule has 0 spiro atoms. The molecule has 0 unspecified atom stereocenters. The minimum Gasteiger partial charge on any atom is -0.380 e. The summed E-state index contributed by atoms with van der Waals surface area (Å²) in [4.78, 5) is 0. The van der Waals surface area contributed by atoms with Crippen LogP contribution in [0, 0.1) is 15.2 Å². The molecule has 17 heavy (non-hydrogen) atoms. The van der Waals surface area contributed by atoms with E-state index in [0.29, 0.717) is 6.54 Å². The minimum atomic E-state index is -0.259. The standard InChI is InChI=1S/C13H10F2IN/c14-10-3-1-2-9(6-10)8-17-13-5-4-11(15)7-12(13)16/h1-7,17H,8H2. The van der Waals surface area contributed by atoms with E-state index < -0.39 is 0 Å². The molecule has 0 aliphatic carbocycles. The normalized spacial score (nSPS) is 10.3. The third-order valence-corrected chi connectivity index (χ3v) is 3.20. The predicted octanol–water partition coefficient (Wildman–Crippen LogP) is 4.18. The fourth-order valence-electron chi connectivity index (χ4n) is 1.48. The van der Waals surface area contributed by atoms with Gasteiger partial charge in [0.2, 0.25) is 0 Å². The van der Waals surface area contributed by atoms with Crippen molar-refractivity contribution in [2.75, 3.05) is 5.32 Å². The van der Waals surface area contributed by atoms with Crippen LogP contribution < -0.4 is 5.32 Å². The largest absolute Gasteiger partial charge is 0.380 e. The molecular formula is C13H10F2IN. The van der Waals surface area contributed by atoms with E-state index in [0.717, 1.165) is 14.8 Å². The minimum absolute atomic E-state index is 0.252. The Balaban J connectivity index is 2.07. The predicted molar refractivity (Wildman–Crippen MR) is 72.8 cm³/mol. The second-order valence-electron chi connectivity index (χ2n) is 3.61. The van der Waals surface area contributed by atoms with Crippen molar-refractivity contribution in [1.29, 1.82) is 0 Å². The molecule has 2 rings (SSSR count). The van der Waals surface area contributed by atoms with E-state index >= 15 is 0 Å². The van der Waals surface area contributed by atoms with Crippen molar-refractivity contribution in [2.24, 2.45) is 0 Å². The van der Waals surface area contributed by atoms with Crippen molar-refractivity contribution in [3.8, 4) is 0 Å². The zero-order chi connectivity index (χ0) is 12.3. The molecule has 0 aliphatic rings. The Morgan fingerprint density at radius 2 is 1.76 bits per heavy atom. The number of hydrogen-bond donors (Lipinski definition) is 1. The van der Waals surface area contributed by atoms with Crippen LogP contribution in [0.15, 0.2) is 42.5 Å². The van der Waals surface area contributed by atoms with Gasteiger partial charge in [-0.25, -0.2) is 8.78 Å². The average molecular weight is 345 g/mol. The first kappa shape index (κ1) is 12.3. The van der Waals surface area contributed by atoms with Crippen LogP contribution in [0.1, 0.15) is 5.56 Å². The van der Waals surface area contributed by atoms with Gasteiger partial charge < -0.3 is 5.32 Å². The Bertz CT molecular complexity index is 529. The smallest absolute Gasteiger partial charge is 0.124 e. The highest BCUT2D eigenvalue weighted by atomic mass is 127. The molecule has 0 radical (unpaired) electrons. The maximum absolute atomic E-state index is 12.9. The van der Waals surface area contributed by atoms with Crippen LogP contribution in [0.25, 0.3) is 0 Å². The number of halogens is 3. The lowest BCUT2D eigenvalue weighted by Gasteiger charge is -2.08. The van der Waals surface area contributed by atoms with Gasteiger partial charge in [0.15, 0.2) is 0 Å². The molecule has 0 saturated carbocycles. The van der Waals surface area contributed by atoms with E-state index in [9.17, 15) is 8.78 Å². The van der Waals surface area contributed by atoms with Gasteiger partial charge in [0.25, 0.3) is 0 Å². The highest BCUT2D eigenvalue weighted by Crippen LogP contribution is 2.19. The second kappa shape index (κ2) is 5.44. The highest BCUT2D eigenvalue weighted by Gasteiger charge is 2.01. The first-order valence-electron chi connectivity index (χ1n) is 5.08. The third kappa shape index (κ3) is 3.39. The van der Waals surface area contributed by atoms with Gasteiger partial charge in [0.1, 0.15) is 11.6 Å². The topological polar surface area (TPSA) is 12.0 Å². The molecule has 88 valence electrons. The third-order valence-electron chi connectivity index (χ3n) is 2.30. The molecule has 2 aromatic carbocycles. The summed E-state index contributed by atoms with van der Waals surface area (Å²) in [5.41, 5.74) is 1.70. The summed E-state index contributed by atoms with van der Waals surface area (Å²) in [5.74, 6) is -0.510. The molecule has 0 aromatic heterocycles. The highest BCUT2D eigenvalue weighted by molar-refractivity contribution is 14.1. The summed E-state index contributed by atoms with van der Waals surface area (Å²) in [6, 6.07) is 10.9. The Morgan fingerprint density at radius 1 is 1.00 bits per heavy atom. The van der Waals surface area contributed by atoms with E-state index in [1.165, 1.54) is 24.3 Å². The van der Waals surface area contributed by atoms with Crippen LogP contribution in [0.3, 0.4) is 0 Å². The average Bonchev–Trinajstić information content (AvgIpc) is 2.28. The summed E-state index contributed by atoms with van der Waals surface area (Å²) in [7, 11) is 0. The SMILES string of the molecule is Fc1cccc(CNc2ccc(F)cc2I)c1. The molecule has 0 aliphatic heterocycles. The van der Waals surface area contributed by atoms with Gasteiger partial charge in [0, 0.05) is 15.8 Å². The molecule has 0 amide bonds. The number of rotatable bonds is 3. The van der Waals surface area contributed by atoms with Crippen LogP contribution in [0.4, 0.5) is 14.5 Å². The van der Waals surface area contributed by atoms with Crippen molar-refractivity contribution in [1.82, 2.24) is 0 Å². The Hall–Kier alpha value is -1.17. The van der Waals surface area contributed by atoms with Crippen molar-refractivity contribution in [3.05, 3.63) is 63.2 Å². The van der Waals surface area contributed by atoms with Crippen LogP contribution >= 0.6 is 22.6 Å². The van der Waals surface area contributed by atoms with E-state index in [-0.39, 0.29) is 11.6 Å². The summed E-state index contributed by atoms with van der Waals surface area (Å²) in [6.45, 7) is 0.513. The van der Waals surface area contributed by atoms with Gasteiger partial charge in [-0.2, -0.15) is 0 Å². The van der Waals surface area contributed by atoms with E-state index in [2.05, 4.69) is 27.9 Å². The zero-order valence-electron chi connectivity index (χ0n) is 8.88.